The number of phenols is 2. The van der Waals surface area contributed by atoms with E-state index >= 15 is 0 Å². The summed E-state index contributed by atoms with van der Waals surface area (Å²) in [5, 5.41) is 36.2. The van der Waals surface area contributed by atoms with E-state index in [2.05, 4.69) is 0 Å². The summed E-state index contributed by atoms with van der Waals surface area (Å²) >= 11 is 0. The number of hydrogen-bond acceptors (Lipinski definition) is 4. The van der Waals surface area contributed by atoms with Crippen molar-refractivity contribution >= 4 is 23.6 Å². The van der Waals surface area contributed by atoms with Gasteiger partial charge in [-0.2, -0.15) is 0 Å². The van der Waals surface area contributed by atoms with E-state index < -0.39 is 0 Å². The van der Waals surface area contributed by atoms with Crippen LogP contribution in [-0.2, 0) is 16.8 Å². The van der Waals surface area contributed by atoms with E-state index in [1.807, 2.05) is 24.3 Å². The molecule has 5 heteroatoms. The summed E-state index contributed by atoms with van der Waals surface area (Å²) in [7, 11) is 0. The van der Waals surface area contributed by atoms with Crippen molar-refractivity contribution in [2.75, 3.05) is 0 Å². The van der Waals surface area contributed by atoms with Gasteiger partial charge < -0.3 is 15.6 Å². The molecular weight excluding hydrogens is 359 g/mol. The van der Waals surface area contributed by atoms with Crippen LogP contribution in [0.5, 0.6) is 11.5 Å². The van der Waals surface area contributed by atoms with E-state index in [4.69, 9.17) is 10.8 Å². The van der Waals surface area contributed by atoms with E-state index in [9.17, 15) is 10.2 Å². The van der Waals surface area contributed by atoms with Gasteiger partial charge in [-0.1, -0.05) is 36.4 Å². The Hall–Kier alpha value is -2.63. The molecule has 2 aromatic carbocycles. The van der Waals surface area contributed by atoms with Crippen molar-refractivity contribution in [1.82, 2.24) is 0 Å². The quantitative estimate of drug-likeness (QED) is 0.625. The van der Waals surface area contributed by atoms with Crippen molar-refractivity contribution in [3.63, 3.8) is 0 Å². The van der Waals surface area contributed by atoms with Crippen molar-refractivity contribution < 1.29 is 27.0 Å². The fraction of sp³-hybridized carbons (Fsp3) is 0.100. The number of rotatable bonds is 2. The average Bonchev–Trinajstić information content (AvgIpc) is 2.58. The molecule has 1 saturated carbocycles. The van der Waals surface area contributed by atoms with Gasteiger partial charge in [0.05, 0.1) is 11.4 Å². The van der Waals surface area contributed by atoms with Gasteiger partial charge in [0.25, 0.3) is 0 Å². The molecule has 0 unspecified atom stereocenters. The van der Waals surface area contributed by atoms with Gasteiger partial charge in [0.2, 0.25) is 0 Å². The van der Waals surface area contributed by atoms with Crippen molar-refractivity contribution in [3.05, 3.63) is 70.8 Å². The summed E-state index contributed by atoms with van der Waals surface area (Å²) in [6.07, 6.45) is 4.70. The molecule has 0 aromatic heterocycles. The van der Waals surface area contributed by atoms with Crippen LogP contribution in [0, 0.1) is 10.8 Å². The minimum atomic E-state index is 0. The topological polar surface area (TPSA) is 88.2 Å². The van der Waals surface area contributed by atoms with Gasteiger partial charge in [-0.3, -0.25) is 5.41 Å². The van der Waals surface area contributed by atoms with Gasteiger partial charge in [0.15, 0.2) is 0 Å². The summed E-state index contributed by atoms with van der Waals surface area (Å²) in [4.78, 5) is 0. The first-order chi connectivity index (χ1) is 11.6. The Morgan fingerprint density at radius 3 is 1.84 bits per heavy atom. The van der Waals surface area contributed by atoms with Crippen LogP contribution in [0.4, 0.5) is 0 Å². The van der Waals surface area contributed by atoms with Crippen LogP contribution in [0.3, 0.4) is 0 Å². The van der Waals surface area contributed by atoms with E-state index in [-0.39, 0.29) is 39.7 Å². The van der Waals surface area contributed by atoms with Crippen LogP contribution in [0.1, 0.15) is 24.0 Å². The first kappa shape index (κ1) is 18.7. The second-order valence-electron chi connectivity index (χ2n) is 5.70. The molecule has 0 atom stereocenters. The molecule has 0 amide bonds. The molecular formula is C20H18CoN2O2. The minimum absolute atomic E-state index is 0. The maximum Gasteiger partial charge on any atom is 0.122 e. The predicted octanol–water partition coefficient (Wildman–Crippen LogP) is 4.40. The standard InChI is InChI=1S/C20H18N2O2.Co/c21-17-10-9-13(11-14-5-1-3-7-18(14)23)16(20(17)22)12-15-6-2-4-8-19(15)24;/h1-8,11-12,21-24H,9-10H2;. The van der Waals surface area contributed by atoms with E-state index in [1.165, 1.54) is 0 Å². The molecule has 0 aliphatic heterocycles. The Morgan fingerprint density at radius 1 is 0.760 bits per heavy atom. The second-order valence-corrected chi connectivity index (χ2v) is 5.70. The largest absolute Gasteiger partial charge is 0.507 e. The van der Waals surface area contributed by atoms with Crippen LogP contribution in [0.25, 0.3) is 12.2 Å². The van der Waals surface area contributed by atoms with Crippen molar-refractivity contribution in [2.24, 2.45) is 0 Å². The van der Waals surface area contributed by atoms with Gasteiger partial charge in [-0.25, -0.2) is 0 Å². The Balaban J connectivity index is 0.00000225. The zero-order valence-corrected chi connectivity index (χ0v) is 14.5. The van der Waals surface area contributed by atoms with Gasteiger partial charge in [-0.15, -0.1) is 0 Å². The molecule has 0 saturated heterocycles. The SMILES string of the molecule is N=C1CCC(=Cc2ccccc2O)C(=Cc2ccccc2O)C1=N.[Co]. The number of allylic oxidation sites excluding steroid dienone is 2. The number of hydrogen-bond donors (Lipinski definition) is 4. The predicted molar refractivity (Wildman–Crippen MR) is 96.9 cm³/mol. The summed E-state index contributed by atoms with van der Waals surface area (Å²) in [6, 6.07) is 13.9. The molecule has 4 nitrogen and oxygen atoms in total. The number of nitrogens with one attached hydrogen (secondary N) is 2. The maximum atomic E-state index is 9.99. The monoisotopic (exact) mass is 377 g/mol. The van der Waals surface area contributed by atoms with Crippen LogP contribution < -0.4 is 0 Å². The van der Waals surface area contributed by atoms with Gasteiger partial charge >= 0.3 is 0 Å². The number of aromatic hydroxyl groups is 2. The first-order valence-electron chi connectivity index (χ1n) is 7.71. The first-order valence-corrected chi connectivity index (χ1v) is 7.71. The van der Waals surface area contributed by atoms with Gasteiger partial charge in [-0.05, 0) is 42.7 Å². The number of para-hydroxylation sites is 2. The summed E-state index contributed by atoms with van der Waals surface area (Å²) in [5.41, 5.74) is 3.21. The molecule has 1 aliphatic carbocycles. The summed E-state index contributed by atoms with van der Waals surface area (Å²) < 4.78 is 0. The Labute approximate surface area is 156 Å². The zero-order valence-electron chi connectivity index (χ0n) is 13.4. The van der Waals surface area contributed by atoms with Gasteiger partial charge in [0, 0.05) is 33.5 Å². The maximum absolute atomic E-state index is 9.99. The average molecular weight is 377 g/mol. The molecule has 3 rings (SSSR count). The molecule has 4 N–H and O–H groups in total. The smallest absolute Gasteiger partial charge is 0.122 e. The van der Waals surface area contributed by atoms with Gasteiger partial charge in [0.1, 0.15) is 11.5 Å². The molecule has 1 aliphatic rings. The fourth-order valence-electron chi connectivity index (χ4n) is 2.72. The van der Waals surface area contributed by atoms with Crippen LogP contribution in [-0.4, -0.2) is 21.6 Å². The molecule has 0 heterocycles. The molecule has 2 aromatic rings. The third kappa shape index (κ3) is 4.07. The van der Waals surface area contributed by atoms with Crippen LogP contribution in [0.2, 0.25) is 0 Å². The molecule has 1 fully saturated rings. The minimum Gasteiger partial charge on any atom is -0.507 e. The number of benzene rings is 2. The summed E-state index contributed by atoms with van der Waals surface area (Å²) in [6.45, 7) is 0. The normalized spacial score (nSPS) is 17.6. The van der Waals surface area contributed by atoms with Crippen molar-refractivity contribution in [3.8, 4) is 11.5 Å². The third-order valence-electron chi connectivity index (χ3n) is 4.06. The third-order valence-corrected chi connectivity index (χ3v) is 4.06. The second kappa shape index (κ2) is 7.96. The van der Waals surface area contributed by atoms with Crippen LogP contribution in [0.15, 0.2) is 59.7 Å². The molecule has 25 heavy (non-hydrogen) atoms. The Bertz CT molecular complexity index is 885. The number of phenolic OH excluding ortho intramolecular Hbond substituents is 2. The Morgan fingerprint density at radius 2 is 1.28 bits per heavy atom. The Kier molecular flexibility index (Phi) is 5.96. The molecule has 129 valence electrons. The van der Waals surface area contributed by atoms with Crippen molar-refractivity contribution in [2.45, 2.75) is 12.8 Å². The van der Waals surface area contributed by atoms with E-state index in [0.717, 1.165) is 5.57 Å². The van der Waals surface area contributed by atoms with Crippen LogP contribution >= 0.6 is 0 Å². The van der Waals surface area contributed by atoms with E-state index in [0.29, 0.717) is 29.5 Å². The fourth-order valence-corrected chi connectivity index (χ4v) is 2.72. The molecule has 0 spiro atoms. The zero-order chi connectivity index (χ0) is 17.1. The van der Waals surface area contributed by atoms with E-state index in [1.54, 1.807) is 36.4 Å². The molecule has 0 bridgehead atoms. The summed E-state index contributed by atoms with van der Waals surface area (Å²) in [5.74, 6) is 0.316. The molecule has 1 radical (unpaired) electrons. The van der Waals surface area contributed by atoms with Crippen molar-refractivity contribution in [1.29, 1.82) is 10.8 Å².